The first-order valence-corrected chi connectivity index (χ1v) is 6.35. The van der Waals surface area contributed by atoms with Gasteiger partial charge >= 0.3 is 0 Å². The lowest BCUT2D eigenvalue weighted by atomic mass is 9.99. The molecule has 3 rings (SSSR count). The lowest BCUT2D eigenvalue weighted by Gasteiger charge is -2.15. The minimum absolute atomic E-state index is 0.124. The van der Waals surface area contributed by atoms with E-state index in [0.29, 0.717) is 5.02 Å². The van der Waals surface area contributed by atoms with Crippen LogP contribution in [0.5, 0.6) is 0 Å². The van der Waals surface area contributed by atoms with Gasteiger partial charge in [0.1, 0.15) is 5.58 Å². The van der Waals surface area contributed by atoms with Crippen molar-refractivity contribution in [3.8, 4) is 0 Å². The van der Waals surface area contributed by atoms with Crippen LogP contribution >= 0.6 is 11.6 Å². The van der Waals surface area contributed by atoms with Gasteiger partial charge in [-0.1, -0.05) is 41.9 Å². The summed E-state index contributed by atoms with van der Waals surface area (Å²) in [6.45, 7) is 0. The lowest BCUT2D eigenvalue weighted by molar-refractivity contribution is 0.586. The summed E-state index contributed by atoms with van der Waals surface area (Å²) in [6, 6.07) is 15.4. The van der Waals surface area contributed by atoms with Crippen molar-refractivity contribution in [3.05, 3.63) is 70.9 Å². The third-order valence-electron chi connectivity index (χ3n) is 3.19. The normalized spacial score (nSPS) is 12.7. The fraction of sp³-hybridized carbons (Fsp3) is 0.0667. The molecule has 4 heteroatoms. The highest BCUT2D eigenvalue weighted by Gasteiger charge is 2.17. The van der Waals surface area contributed by atoms with E-state index in [1.807, 2.05) is 48.5 Å². The molecule has 3 nitrogen and oxygen atoms in total. The van der Waals surface area contributed by atoms with Crippen molar-refractivity contribution >= 4 is 22.6 Å². The summed E-state index contributed by atoms with van der Waals surface area (Å²) in [5, 5.41) is 1.76. The highest BCUT2D eigenvalue weighted by molar-refractivity contribution is 6.30. The molecule has 1 aromatic heterocycles. The van der Waals surface area contributed by atoms with Gasteiger partial charge in [-0.2, -0.15) is 0 Å². The number of nitrogens with two attached hydrogens (primary N) is 1. The third-order valence-corrected chi connectivity index (χ3v) is 3.44. The summed E-state index contributed by atoms with van der Waals surface area (Å²) in [7, 11) is 0. The van der Waals surface area contributed by atoms with Gasteiger partial charge in [0.2, 0.25) is 0 Å². The number of fused-ring (bicyclic) bond motifs is 1. The second kappa shape index (κ2) is 5.05. The Labute approximate surface area is 115 Å². The predicted molar refractivity (Wildman–Crippen MR) is 76.8 cm³/mol. The Morgan fingerprint density at radius 1 is 1.05 bits per heavy atom. The summed E-state index contributed by atoms with van der Waals surface area (Å²) < 4.78 is 5.56. The molecule has 1 heterocycles. The van der Waals surface area contributed by atoms with Crippen LogP contribution in [0.1, 0.15) is 17.2 Å². The first-order valence-electron chi connectivity index (χ1n) is 5.97. The Bertz CT molecular complexity index is 691. The van der Waals surface area contributed by atoms with Crippen LogP contribution in [-0.4, -0.2) is 0 Å². The Hall–Kier alpha value is -1.81. The summed E-state index contributed by atoms with van der Waals surface area (Å²) >= 11 is 5.91. The Balaban J connectivity index is 2.09. The van der Waals surface area contributed by atoms with Gasteiger partial charge in [0.25, 0.3) is 0 Å². The van der Waals surface area contributed by atoms with Crippen molar-refractivity contribution in [2.45, 2.75) is 6.04 Å². The molecule has 0 saturated carbocycles. The molecule has 3 aromatic rings. The number of furan rings is 1. The van der Waals surface area contributed by atoms with Gasteiger partial charge < -0.3 is 4.42 Å². The zero-order valence-corrected chi connectivity index (χ0v) is 10.9. The number of rotatable bonds is 3. The molecule has 19 heavy (non-hydrogen) atoms. The number of hydrogen-bond acceptors (Lipinski definition) is 3. The minimum atomic E-state index is -0.124. The van der Waals surface area contributed by atoms with Crippen LogP contribution in [0.15, 0.2) is 59.2 Å². The number of benzene rings is 2. The van der Waals surface area contributed by atoms with Crippen LogP contribution in [0.2, 0.25) is 5.02 Å². The summed E-state index contributed by atoms with van der Waals surface area (Å²) in [5.41, 5.74) is 5.74. The molecule has 0 saturated heterocycles. The Morgan fingerprint density at radius 3 is 2.53 bits per heavy atom. The molecule has 0 aliphatic rings. The van der Waals surface area contributed by atoms with E-state index in [2.05, 4.69) is 5.43 Å². The molecule has 3 N–H and O–H groups in total. The van der Waals surface area contributed by atoms with Crippen LogP contribution in [0.3, 0.4) is 0 Å². The molecular formula is C15H13ClN2O. The fourth-order valence-corrected chi connectivity index (χ4v) is 2.37. The van der Waals surface area contributed by atoms with Gasteiger partial charge in [0.05, 0.1) is 12.3 Å². The smallest absolute Gasteiger partial charge is 0.134 e. The highest BCUT2D eigenvalue weighted by atomic mass is 35.5. The zero-order valence-electron chi connectivity index (χ0n) is 10.1. The van der Waals surface area contributed by atoms with Crippen molar-refractivity contribution in [3.63, 3.8) is 0 Å². The molecule has 0 amide bonds. The van der Waals surface area contributed by atoms with Crippen molar-refractivity contribution in [1.29, 1.82) is 0 Å². The maximum atomic E-state index is 5.91. The number of halogens is 1. The first-order chi connectivity index (χ1) is 9.29. The molecule has 1 unspecified atom stereocenters. The molecular weight excluding hydrogens is 260 g/mol. The van der Waals surface area contributed by atoms with E-state index in [-0.39, 0.29) is 6.04 Å². The van der Waals surface area contributed by atoms with E-state index in [1.165, 1.54) is 0 Å². The number of nitrogens with one attached hydrogen (secondary N) is 1. The van der Waals surface area contributed by atoms with E-state index in [1.54, 1.807) is 6.26 Å². The summed E-state index contributed by atoms with van der Waals surface area (Å²) in [6.07, 6.45) is 1.74. The molecule has 0 bridgehead atoms. The van der Waals surface area contributed by atoms with E-state index in [4.69, 9.17) is 21.9 Å². The van der Waals surface area contributed by atoms with Crippen molar-refractivity contribution in [2.24, 2.45) is 5.84 Å². The van der Waals surface area contributed by atoms with Gasteiger partial charge in [0, 0.05) is 16.0 Å². The minimum Gasteiger partial charge on any atom is -0.464 e. The Morgan fingerprint density at radius 2 is 1.79 bits per heavy atom. The molecule has 96 valence electrons. The molecule has 0 aliphatic carbocycles. The number of para-hydroxylation sites is 1. The number of hydrazine groups is 1. The third kappa shape index (κ3) is 2.24. The largest absolute Gasteiger partial charge is 0.464 e. The highest BCUT2D eigenvalue weighted by Crippen LogP contribution is 2.30. The predicted octanol–water partition coefficient (Wildman–Crippen LogP) is 3.64. The van der Waals surface area contributed by atoms with Gasteiger partial charge in [-0.15, -0.1) is 0 Å². The fourth-order valence-electron chi connectivity index (χ4n) is 2.24. The van der Waals surface area contributed by atoms with Gasteiger partial charge in [-0.25, -0.2) is 5.43 Å². The zero-order chi connectivity index (χ0) is 13.2. The maximum absolute atomic E-state index is 5.91. The second-order valence-corrected chi connectivity index (χ2v) is 4.77. The van der Waals surface area contributed by atoms with Gasteiger partial charge in [0.15, 0.2) is 0 Å². The maximum Gasteiger partial charge on any atom is 0.134 e. The quantitative estimate of drug-likeness (QED) is 0.565. The van der Waals surface area contributed by atoms with E-state index in [9.17, 15) is 0 Å². The van der Waals surface area contributed by atoms with Crippen molar-refractivity contribution in [1.82, 2.24) is 5.43 Å². The molecule has 0 aliphatic heterocycles. The summed E-state index contributed by atoms with van der Waals surface area (Å²) in [5.74, 6) is 5.70. The van der Waals surface area contributed by atoms with E-state index >= 15 is 0 Å². The molecule has 1 atom stereocenters. The standard InChI is InChI=1S/C15H13ClN2O/c16-11-7-5-10(6-8-11)15(18-17)13-9-19-14-4-2-1-3-12(13)14/h1-9,15,18H,17H2. The lowest BCUT2D eigenvalue weighted by Crippen LogP contribution is -2.28. The van der Waals surface area contributed by atoms with Crippen LogP contribution in [0.4, 0.5) is 0 Å². The molecule has 2 aromatic carbocycles. The topological polar surface area (TPSA) is 51.2 Å². The van der Waals surface area contributed by atoms with Crippen LogP contribution < -0.4 is 11.3 Å². The average molecular weight is 273 g/mol. The second-order valence-electron chi connectivity index (χ2n) is 4.34. The summed E-state index contributed by atoms with van der Waals surface area (Å²) in [4.78, 5) is 0. The number of hydrogen-bond donors (Lipinski definition) is 2. The van der Waals surface area contributed by atoms with Crippen LogP contribution in [0.25, 0.3) is 11.0 Å². The van der Waals surface area contributed by atoms with Gasteiger partial charge in [-0.05, 0) is 23.8 Å². The van der Waals surface area contributed by atoms with Crippen molar-refractivity contribution in [2.75, 3.05) is 0 Å². The van der Waals surface area contributed by atoms with Crippen LogP contribution in [0, 0.1) is 0 Å². The van der Waals surface area contributed by atoms with E-state index in [0.717, 1.165) is 22.1 Å². The molecule has 0 radical (unpaired) electrons. The van der Waals surface area contributed by atoms with E-state index < -0.39 is 0 Å². The Kier molecular flexibility index (Phi) is 3.25. The monoisotopic (exact) mass is 272 g/mol. The molecule has 0 spiro atoms. The van der Waals surface area contributed by atoms with Gasteiger partial charge in [-0.3, -0.25) is 5.84 Å². The first kappa shape index (κ1) is 12.2. The average Bonchev–Trinajstić information content (AvgIpc) is 2.86. The van der Waals surface area contributed by atoms with Crippen molar-refractivity contribution < 1.29 is 4.42 Å². The molecule has 0 fully saturated rings. The van der Waals surface area contributed by atoms with Crippen LogP contribution in [-0.2, 0) is 0 Å². The SMILES string of the molecule is NNC(c1ccc(Cl)cc1)c1coc2ccccc12.